The molecule has 1 heterocycles. The number of hydrogen-bond acceptors (Lipinski definition) is 4. The van der Waals surface area contributed by atoms with Crippen LogP contribution in [0.25, 0.3) is 0 Å². The number of aryl methyl sites for hydroxylation is 1. The molecule has 3 rings (SSSR count). The zero-order valence-electron chi connectivity index (χ0n) is 16.1. The quantitative estimate of drug-likeness (QED) is 0.782. The average Bonchev–Trinajstić information content (AvgIpc) is 3.11. The van der Waals surface area contributed by atoms with E-state index in [0.717, 1.165) is 23.2 Å². The summed E-state index contributed by atoms with van der Waals surface area (Å²) in [6.45, 7) is 4.17. The Morgan fingerprint density at radius 3 is 2.61 bits per heavy atom. The Morgan fingerprint density at radius 2 is 1.82 bits per heavy atom. The van der Waals surface area contributed by atoms with Crippen molar-refractivity contribution < 1.29 is 19.1 Å². The number of nitrogens with zero attached hydrogens (tertiary/aromatic N) is 1. The molecular formula is C22H24N2O4. The molecule has 6 heteroatoms. The molecule has 0 spiro atoms. The van der Waals surface area contributed by atoms with Gasteiger partial charge in [0.25, 0.3) is 11.8 Å². The summed E-state index contributed by atoms with van der Waals surface area (Å²) >= 11 is 0. The van der Waals surface area contributed by atoms with E-state index in [1.54, 1.807) is 24.0 Å². The molecule has 0 fully saturated rings. The average molecular weight is 380 g/mol. The fourth-order valence-electron chi connectivity index (χ4n) is 3.29. The molecule has 0 bridgehead atoms. The Bertz CT molecular complexity index is 894. The Morgan fingerprint density at radius 1 is 1.11 bits per heavy atom. The minimum absolute atomic E-state index is 0.00578. The van der Waals surface area contributed by atoms with Gasteiger partial charge in [-0.2, -0.15) is 0 Å². The van der Waals surface area contributed by atoms with Gasteiger partial charge in [0.05, 0.1) is 6.42 Å². The summed E-state index contributed by atoms with van der Waals surface area (Å²) in [7, 11) is 0. The highest BCUT2D eigenvalue weighted by Gasteiger charge is 2.29. The molecule has 1 unspecified atom stereocenters. The van der Waals surface area contributed by atoms with Crippen molar-refractivity contribution in [1.82, 2.24) is 5.32 Å². The Labute approximate surface area is 164 Å². The lowest BCUT2D eigenvalue weighted by Crippen LogP contribution is -2.39. The lowest BCUT2D eigenvalue weighted by molar-refractivity contribution is -0.153. The van der Waals surface area contributed by atoms with Crippen molar-refractivity contribution >= 4 is 23.5 Å². The van der Waals surface area contributed by atoms with Crippen LogP contribution in [0.2, 0.25) is 0 Å². The van der Waals surface area contributed by atoms with E-state index < -0.39 is 12.1 Å². The summed E-state index contributed by atoms with van der Waals surface area (Å²) in [5, 5.41) is 2.71. The van der Waals surface area contributed by atoms with Gasteiger partial charge in [0.15, 0.2) is 6.10 Å². The van der Waals surface area contributed by atoms with Crippen LogP contribution in [0, 0.1) is 6.92 Å². The molecule has 2 amide bonds. The van der Waals surface area contributed by atoms with Gasteiger partial charge >= 0.3 is 5.97 Å². The van der Waals surface area contributed by atoms with Crippen LogP contribution in [0.1, 0.15) is 34.8 Å². The molecule has 2 aromatic rings. The van der Waals surface area contributed by atoms with E-state index >= 15 is 0 Å². The van der Waals surface area contributed by atoms with Gasteiger partial charge in [-0.3, -0.25) is 14.4 Å². The highest BCUT2D eigenvalue weighted by molar-refractivity contribution is 5.99. The number of hydrogen-bond donors (Lipinski definition) is 1. The first-order valence-electron chi connectivity index (χ1n) is 9.40. The minimum Gasteiger partial charge on any atom is -0.452 e. The van der Waals surface area contributed by atoms with Crippen LogP contribution >= 0.6 is 0 Å². The number of fused-ring (bicyclic) bond motifs is 1. The number of benzene rings is 2. The van der Waals surface area contributed by atoms with E-state index in [4.69, 9.17) is 4.74 Å². The van der Waals surface area contributed by atoms with Crippen molar-refractivity contribution in [2.75, 3.05) is 18.0 Å². The van der Waals surface area contributed by atoms with Crippen LogP contribution < -0.4 is 10.2 Å². The smallest absolute Gasteiger partial charge is 0.308 e. The Hall–Kier alpha value is -3.15. The molecule has 1 atom stereocenters. The third kappa shape index (κ3) is 4.39. The molecular weight excluding hydrogens is 356 g/mol. The van der Waals surface area contributed by atoms with Crippen LogP contribution in [0.4, 0.5) is 5.69 Å². The predicted molar refractivity (Wildman–Crippen MR) is 106 cm³/mol. The summed E-state index contributed by atoms with van der Waals surface area (Å²) < 4.78 is 5.27. The summed E-state index contributed by atoms with van der Waals surface area (Å²) in [5.41, 5.74) is 3.44. The second-order valence-electron chi connectivity index (χ2n) is 6.82. The molecule has 6 nitrogen and oxygen atoms in total. The molecule has 2 aromatic carbocycles. The highest BCUT2D eigenvalue weighted by atomic mass is 16.5. The van der Waals surface area contributed by atoms with Gasteiger partial charge in [-0.05, 0) is 43.5 Å². The monoisotopic (exact) mass is 380 g/mol. The lowest BCUT2D eigenvalue weighted by Gasteiger charge is -2.21. The fourth-order valence-corrected chi connectivity index (χ4v) is 3.29. The largest absolute Gasteiger partial charge is 0.452 e. The third-order valence-corrected chi connectivity index (χ3v) is 4.81. The van der Waals surface area contributed by atoms with Gasteiger partial charge in [-0.15, -0.1) is 0 Å². The SMILES string of the molecule is Cc1ccccc1C(=O)NCCC(=O)OC(C)C(=O)N1CCc2ccccc21. The first-order valence-corrected chi connectivity index (χ1v) is 9.40. The normalized spacial score (nSPS) is 13.6. The van der Waals surface area contributed by atoms with Crippen molar-refractivity contribution in [3.05, 3.63) is 65.2 Å². The molecule has 1 aliphatic heterocycles. The molecule has 1 N–H and O–H groups in total. The van der Waals surface area contributed by atoms with Crippen molar-refractivity contribution in [2.45, 2.75) is 32.8 Å². The van der Waals surface area contributed by atoms with Gasteiger partial charge in [-0.25, -0.2) is 0 Å². The standard InChI is InChI=1S/C22H24N2O4/c1-15-7-3-5-9-18(15)21(26)23-13-11-20(25)28-16(2)22(27)24-14-12-17-8-4-6-10-19(17)24/h3-10,16H,11-14H2,1-2H3,(H,23,26). The second kappa shape index (κ2) is 8.69. The van der Waals surface area contributed by atoms with Crippen LogP contribution in [0.3, 0.4) is 0 Å². The maximum atomic E-state index is 12.6. The number of carbonyl (C=O) groups excluding carboxylic acids is 3. The molecule has 28 heavy (non-hydrogen) atoms. The topological polar surface area (TPSA) is 75.7 Å². The summed E-state index contributed by atoms with van der Waals surface area (Å²) in [6, 6.07) is 15.0. The minimum atomic E-state index is -0.870. The van der Waals surface area contributed by atoms with E-state index in [-0.39, 0.29) is 24.8 Å². The number of esters is 1. The number of anilines is 1. The summed E-state index contributed by atoms with van der Waals surface area (Å²) in [4.78, 5) is 38.5. The van der Waals surface area contributed by atoms with E-state index in [0.29, 0.717) is 12.1 Å². The van der Waals surface area contributed by atoms with E-state index in [9.17, 15) is 14.4 Å². The molecule has 0 saturated carbocycles. The molecule has 146 valence electrons. The van der Waals surface area contributed by atoms with Crippen molar-refractivity contribution in [2.24, 2.45) is 0 Å². The maximum absolute atomic E-state index is 12.6. The van der Waals surface area contributed by atoms with Crippen molar-refractivity contribution in [1.29, 1.82) is 0 Å². The van der Waals surface area contributed by atoms with Crippen LogP contribution in [-0.4, -0.2) is 37.0 Å². The Balaban J connectivity index is 1.46. The number of ether oxygens (including phenoxy) is 1. The zero-order chi connectivity index (χ0) is 20.1. The van der Waals surface area contributed by atoms with Gasteiger partial charge in [0.2, 0.25) is 0 Å². The van der Waals surface area contributed by atoms with E-state index in [1.165, 1.54) is 0 Å². The van der Waals surface area contributed by atoms with Crippen molar-refractivity contribution in [3.63, 3.8) is 0 Å². The van der Waals surface area contributed by atoms with E-state index in [1.807, 2.05) is 43.3 Å². The lowest BCUT2D eigenvalue weighted by atomic mass is 10.1. The number of amides is 2. The number of rotatable bonds is 6. The molecule has 0 aliphatic carbocycles. The van der Waals surface area contributed by atoms with Crippen molar-refractivity contribution in [3.8, 4) is 0 Å². The summed E-state index contributed by atoms with van der Waals surface area (Å²) in [5.74, 6) is -0.982. The van der Waals surface area contributed by atoms with Crippen LogP contribution in [0.5, 0.6) is 0 Å². The predicted octanol–water partition coefficient (Wildman–Crippen LogP) is 2.64. The first kappa shape index (κ1) is 19.6. The second-order valence-corrected chi connectivity index (χ2v) is 6.82. The van der Waals surface area contributed by atoms with Gasteiger partial charge < -0.3 is 15.0 Å². The first-order chi connectivity index (χ1) is 13.5. The number of nitrogens with one attached hydrogen (secondary N) is 1. The molecule has 0 radical (unpaired) electrons. The fraction of sp³-hybridized carbons (Fsp3) is 0.318. The molecule has 1 aliphatic rings. The van der Waals surface area contributed by atoms with Crippen LogP contribution in [-0.2, 0) is 20.7 Å². The van der Waals surface area contributed by atoms with Gasteiger partial charge in [-0.1, -0.05) is 36.4 Å². The highest BCUT2D eigenvalue weighted by Crippen LogP contribution is 2.28. The van der Waals surface area contributed by atoms with E-state index in [2.05, 4.69) is 5.32 Å². The van der Waals surface area contributed by atoms with Gasteiger partial charge in [0.1, 0.15) is 0 Å². The zero-order valence-corrected chi connectivity index (χ0v) is 16.1. The molecule has 0 aromatic heterocycles. The molecule has 0 saturated heterocycles. The maximum Gasteiger partial charge on any atom is 0.308 e. The summed E-state index contributed by atoms with van der Waals surface area (Å²) in [6.07, 6.45) is -0.0648. The third-order valence-electron chi connectivity index (χ3n) is 4.81. The Kier molecular flexibility index (Phi) is 6.09. The van der Waals surface area contributed by atoms with Gasteiger partial charge in [0, 0.05) is 24.3 Å². The number of para-hydroxylation sites is 1. The van der Waals surface area contributed by atoms with Crippen LogP contribution in [0.15, 0.2) is 48.5 Å². The number of carbonyl (C=O) groups is 3.